The fourth-order valence-corrected chi connectivity index (χ4v) is 5.26. The van der Waals surface area contributed by atoms with Crippen molar-refractivity contribution in [1.82, 2.24) is 24.7 Å². The molecule has 9 nitrogen and oxygen atoms in total. The van der Waals surface area contributed by atoms with Gasteiger partial charge in [0.25, 0.3) is 0 Å². The number of carbonyl (C=O) groups excluding carboxylic acids is 3. The van der Waals surface area contributed by atoms with Crippen LogP contribution < -0.4 is 10.2 Å². The van der Waals surface area contributed by atoms with Crippen LogP contribution in [0.1, 0.15) is 44.1 Å². The van der Waals surface area contributed by atoms with Crippen molar-refractivity contribution in [3.05, 3.63) is 30.1 Å². The number of likely N-dealkylation sites (tertiary alicyclic amines) is 2. The van der Waals surface area contributed by atoms with E-state index in [0.717, 1.165) is 69.5 Å². The van der Waals surface area contributed by atoms with Gasteiger partial charge in [0.15, 0.2) is 0 Å². The summed E-state index contributed by atoms with van der Waals surface area (Å²) < 4.78 is 1.78. The number of rotatable bonds is 5. The lowest BCUT2D eigenvalue weighted by Gasteiger charge is -2.34. The highest BCUT2D eigenvalue weighted by Crippen LogP contribution is 2.27. The summed E-state index contributed by atoms with van der Waals surface area (Å²) in [6.45, 7) is 4.69. The molecule has 0 bridgehead atoms. The maximum atomic E-state index is 12.6. The van der Waals surface area contributed by atoms with E-state index in [2.05, 4.69) is 27.4 Å². The Bertz CT molecular complexity index is 1040. The first-order valence-corrected chi connectivity index (χ1v) is 12.1. The van der Waals surface area contributed by atoms with Crippen molar-refractivity contribution >= 4 is 29.0 Å². The van der Waals surface area contributed by atoms with Crippen molar-refractivity contribution in [2.75, 3.05) is 44.2 Å². The second-order valence-electron chi connectivity index (χ2n) is 9.51. The third-order valence-corrected chi connectivity index (χ3v) is 7.21. The summed E-state index contributed by atoms with van der Waals surface area (Å²) >= 11 is 0. The number of urea groups is 1. The van der Waals surface area contributed by atoms with Gasteiger partial charge < -0.3 is 4.90 Å². The third kappa shape index (κ3) is 4.88. The van der Waals surface area contributed by atoms with Crippen LogP contribution in [-0.4, -0.2) is 76.5 Å². The molecule has 5 heterocycles. The molecule has 0 aliphatic carbocycles. The summed E-state index contributed by atoms with van der Waals surface area (Å²) in [6, 6.07) is 3.81. The van der Waals surface area contributed by atoms with Crippen molar-refractivity contribution in [3.8, 4) is 0 Å². The van der Waals surface area contributed by atoms with Crippen molar-refractivity contribution in [2.45, 2.75) is 44.9 Å². The van der Waals surface area contributed by atoms with E-state index >= 15 is 0 Å². The van der Waals surface area contributed by atoms with Crippen LogP contribution in [0.2, 0.25) is 0 Å². The Morgan fingerprint density at radius 2 is 1.85 bits per heavy atom. The first kappa shape index (κ1) is 21.9. The lowest BCUT2D eigenvalue weighted by molar-refractivity contribution is -0.133. The molecule has 5 rings (SSSR count). The minimum Gasteiger partial charge on any atom is -0.342 e. The van der Waals surface area contributed by atoms with E-state index in [1.807, 2.05) is 11.1 Å². The Hall–Kier alpha value is -2.94. The van der Waals surface area contributed by atoms with Crippen molar-refractivity contribution in [2.24, 2.45) is 5.92 Å². The van der Waals surface area contributed by atoms with Crippen LogP contribution in [0.3, 0.4) is 0 Å². The number of hydrogen-bond donors (Lipinski definition) is 1. The van der Waals surface area contributed by atoms with Gasteiger partial charge in [0.05, 0.1) is 23.9 Å². The molecule has 2 aromatic heterocycles. The van der Waals surface area contributed by atoms with Crippen LogP contribution in [0.25, 0.3) is 5.52 Å². The molecule has 0 unspecified atom stereocenters. The summed E-state index contributed by atoms with van der Waals surface area (Å²) in [6.07, 6.45) is 10.6. The number of aromatic nitrogens is 2. The number of piperidine rings is 2. The summed E-state index contributed by atoms with van der Waals surface area (Å²) in [5.74, 6) is 0.628. The smallest absolute Gasteiger partial charge is 0.328 e. The van der Waals surface area contributed by atoms with Gasteiger partial charge in [-0.2, -0.15) is 5.10 Å². The van der Waals surface area contributed by atoms with E-state index in [1.165, 1.54) is 12.0 Å². The number of nitrogens with zero attached hydrogens (tertiary/aromatic N) is 5. The highest BCUT2D eigenvalue weighted by Gasteiger charge is 2.27. The highest BCUT2D eigenvalue weighted by atomic mass is 16.2. The topological polar surface area (TPSA) is 90.3 Å². The zero-order chi connectivity index (χ0) is 22.8. The molecular weight excluding hydrogens is 420 g/mol. The first-order chi connectivity index (χ1) is 16.1. The molecule has 0 radical (unpaired) electrons. The SMILES string of the molecule is O=C1CCN(c2cnn3ccc(CC4CCN(CC(=O)N5CCCCC5)CC4)cc23)C(=O)N1. The molecule has 176 valence electrons. The van der Waals surface area contributed by atoms with Gasteiger partial charge in [-0.3, -0.25) is 24.7 Å². The second kappa shape index (κ2) is 9.51. The molecule has 1 N–H and O–H groups in total. The van der Waals surface area contributed by atoms with Crippen LogP contribution in [-0.2, 0) is 16.0 Å². The van der Waals surface area contributed by atoms with Crippen LogP contribution in [0.5, 0.6) is 0 Å². The molecule has 33 heavy (non-hydrogen) atoms. The summed E-state index contributed by atoms with van der Waals surface area (Å²) in [5.41, 5.74) is 2.83. The van der Waals surface area contributed by atoms with Gasteiger partial charge in [0.1, 0.15) is 0 Å². The number of hydrogen-bond acceptors (Lipinski definition) is 5. The fraction of sp³-hybridized carbons (Fsp3) is 0.583. The lowest BCUT2D eigenvalue weighted by atomic mass is 9.90. The zero-order valence-electron chi connectivity index (χ0n) is 19.0. The van der Waals surface area contributed by atoms with Gasteiger partial charge >= 0.3 is 6.03 Å². The van der Waals surface area contributed by atoms with E-state index in [1.54, 1.807) is 15.6 Å². The molecule has 3 saturated heterocycles. The van der Waals surface area contributed by atoms with Gasteiger partial charge in [-0.1, -0.05) is 0 Å². The Kier molecular flexibility index (Phi) is 6.30. The quantitative estimate of drug-likeness (QED) is 0.750. The number of pyridine rings is 1. The predicted molar refractivity (Wildman–Crippen MR) is 124 cm³/mol. The zero-order valence-corrected chi connectivity index (χ0v) is 19.0. The van der Waals surface area contributed by atoms with E-state index < -0.39 is 6.03 Å². The largest absolute Gasteiger partial charge is 0.342 e. The standard InChI is InChI=1S/C24H32N6O3/c31-22-7-12-29(24(33)26-22)21-16-25-30-13-6-19(15-20(21)30)14-18-4-10-27(11-5-18)17-23(32)28-8-2-1-3-9-28/h6,13,15-16,18H,1-5,7-12,14,17H2,(H,26,31,33). The molecule has 9 heteroatoms. The number of fused-ring (bicyclic) bond motifs is 1. The summed E-state index contributed by atoms with van der Waals surface area (Å²) in [7, 11) is 0. The molecular formula is C24H32N6O3. The van der Waals surface area contributed by atoms with E-state index in [0.29, 0.717) is 25.4 Å². The fourth-order valence-electron chi connectivity index (χ4n) is 5.26. The monoisotopic (exact) mass is 452 g/mol. The Balaban J connectivity index is 1.18. The van der Waals surface area contributed by atoms with Crippen LogP contribution in [0.15, 0.2) is 24.5 Å². The number of nitrogens with one attached hydrogen (secondary N) is 1. The molecule has 3 fully saturated rings. The van der Waals surface area contributed by atoms with Crippen LogP contribution in [0, 0.1) is 5.92 Å². The van der Waals surface area contributed by atoms with Crippen LogP contribution in [0.4, 0.5) is 10.5 Å². The summed E-state index contributed by atoms with van der Waals surface area (Å²) in [5, 5.41) is 6.76. The summed E-state index contributed by atoms with van der Waals surface area (Å²) in [4.78, 5) is 42.3. The van der Waals surface area contributed by atoms with Crippen molar-refractivity contribution < 1.29 is 14.4 Å². The van der Waals surface area contributed by atoms with Gasteiger partial charge in [-0.05, 0) is 75.2 Å². The molecule has 0 aromatic carbocycles. The van der Waals surface area contributed by atoms with Crippen molar-refractivity contribution in [1.29, 1.82) is 0 Å². The number of imide groups is 1. The van der Waals surface area contributed by atoms with Gasteiger partial charge in [0, 0.05) is 32.3 Å². The third-order valence-electron chi connectivity index (χ3n) is 7.21. The first-order valence-electron chi connectivity index (χ1n) is 12.1. The van der Waals surface area contributed by atoms with E-state index in [4.69, 9.17) is 0 Å². The minimum absolute atomic E-state index is 0.239. The normalized spacial score (nSPS) is 21.0. The maximum absolute atomic E-state index is 12.6. The number of anilines is 1. The highest BCUT2D eigenvalue weighted by molar-refractivity contribution is 6.07. The molecule has 0 saturated carbocycles. The molecule has 4 amide bonds. The predicted octanol–water partition coefficient (Wildman–Crippen LogP) is 2.05. The van der Waals surface area contributed by atoms with Crippen molar-refractivity contribution in [3.63, 3.8) is 0 Å². The molecule has 3 aliphatic heterocycles. The van der Waals surface area contributed by atoms with E-state index in [9.17, 15) is 14.4 Å². The number of carbonyl (C=O) groups is 3. The second-order valence-corrected chi connectivity index (χ2v) is 9.51. The molecule has 0 atom stereocenters. The van der Waals surface area contributed by atoms with Gasteiger partial charge in [-0.25, -0.2) is 9.31 Å². The average molecular weight is 453 g/mol. The van der Waals surface area contributed by atoms with E-state index in [-0.39, 0.29) is 11.8 Å². The molecule has 2 aromatic rings. The maximum Gasteiger partial charge on any atom is 0.328 e. The Labute approximate surface area is 193 Å². The van der Waals surface area contributed by atoms with Crippen LogP contribution >= 0.6 is 0 Å². The number of amides is 4. The average Bonchev–Trinajstić information content (AvgIpc) is 3.24. The Morgan fingerprint density at radius 3 is 2.61 bits per heavy atom. The lowest BCUT2D eigenvalue weighted by Crippen LogP contribution is -2.49. The Morgan fingerprint density at radius 1 is 1.06 bits per heavy atom. The minimum atomic E-state index is -0.391. The molecule has 3 aliphatic rings. The van der Waals surface area contributed by atoms with Gasteiger partial charge in [-0.15, -0.1) is 0 Å². The molecule has 0 spiro atoms. The van der Waals surface area contributed by atoms with Gasteiger partial charge in [0.2, 0.25) is 11.8 Å².